The monoisotopic (exact) mass is 419 g/mol. The van der Waals surface area contributed by atoms with E-state index in [-0.39, 0.29) is 30.9 Å². The first-order chi connectivity index (χ1) is 14.5. The first-order valence-electron chi connectivity index (χ1n) is 9.61. The van der Waals surface area contributed by atoms with E-state index in [2.05, 4.69) is 25.9 Å². The molecule has 0 bridgehead atoms. The van der Waals surface area contributed by atoms with Crippen molar-refractivity contribution in [1.29, 1.82) is 0 Å². The van der Waals surface area contributed by atoms with Crippen LogP contribution in [0.2, 0.25) is 0 Å². The lowest BCUT2D eigenvalue weighted by molar-refractivity contribution is -0.121. The fraction of sp³-hybridized carbons (Fsp3) is 0.400. The number of nitrogens with one attached hydrogen (secondary N) is 3. The summed E-state index contributed by atoms with van der Waals surface area (Å²) in [6, 6.07) is 6.52. The lowest BCUT2D eigenvalue weighted by atomic mass is 10.2. The highest BCUT2D eigenvalue weighted by atomic mass is 19.1. The molecule has 2 rings (SSSR count). The molecule has 0 fully saturated rings. The van der Waals surface area contributed by atoms with Crippen molar-refractivity contribution in [3.05, 3.63) is 41.8 Å². The van der Waals surface area contributed by atoms with Gasteiger partial charge in [0, 0.05) is 19.5 Å². The molecule has 2 aromatic rings. The molecule has 0 aliphatic heterocycles. The van der Waals surface area contributed by atoms with E-state index in [9.17, 15) is 14.0 Å². The van der Waals surface area contributed by atoms with Crippen LogP contribution in [0, 0.1) is 5.82 Å². The summed E-state index contributed by atoms with van der Waals surface area (Å²) in [5.41, 5.74) is 0.817. The first-order valence-corrected chi connectivity index (χ1v) is 9.61. The summed E-state index contributed by atoms with van der Waals surface area (Å²) in [6.45, 7) is 3.00. The average Bonchev–Trinajstić information content (AvgIpc) is 2.76. The van der Waals surface area contributed by atoms with Gasteiger partial charge in [-0.15, -0.1) is 0 Å². The molecule has 3 amide bonds. The van der Waals surface area contributed by atoms with Crippen LogP contribution in [0.15, 0.2) is 30.5 Å². The van der Waals surface area contributed by atoms with E-state index in [1.165, 1.54) is 0 Å². The van der Waals surface area contributed by atoms with Crippen LogP contribution in [0.5, 0.6) is 11.8 Å². The number of carbonyl (C=O) groups is 2. The third-order valence-corrected chi connectivity index (χ3v) is 3.89. The van der Waals surface area contributed by atoms with Gasteiger partial charge in [0.2, 0.25) is 5.91 Å². The quantitative estimate of drug-likeness (QED) is 0.483. The van der Waals surface area contributed by atoms with Crippen molar-refractivity contribution in [2.24, 2.45) is 0 Å². The minimum absolute atomic E-state index is 0.0706. The summed E-state index contributed by atoms with van der Waals surface area (Å²) in [4.78, 5) is 31.1. The van der Waals surface area contributed by atoms with Crippen molar-refractivity contribution >= 4 is 17.8 Å². The number of amides is 3. The predicted molar refractivity (Wildman–Crippen MR) is 109 cm³/mol. The van der Waals surface area contributed by atoms with Gasteiger partial charge in [-0.25, -0.2) is 14.2 Å². The number of methoxy groups -OCH3 is 1. The number of carbonyl (C=O) groups excluding carboxylic acids is 2. The third-order valence-electron chi connectivity index (χ3n) is 3.89. The van der Waals surface area contributed by atoms with E-state index in [0.29, 0.717) is 25.1 Å². The van der Waals surface area contributed by atoms with Gasteiger partial charge >= 0.3 is 12.0 Å². The highest BCUT2D eigenvalue weighted by Crippen LogP contribution is 2.16. The van der Waals surface area contributed by atoms with Gasteiger partial charge in [0.15, 0.2) is 11.6 Å². The number of urea groups is 1. The number of aromatic nitrogens is 2. The number of rotatable bonds is 11. The van der Waals surface area contributed by atoms with Crippen LogP contribution < -0.4 is 25.4 Å². The molecule has 1 aromatic carbocycles. The molecule has 10 heteroatoms. The Bertz CT molecular complexity index is 850. The summed E-state index contributed by atoms with van der Waals surface area (Å²) in [6.07, 6.45) is 2.54. The molecule has 0 unspecified atom stereocenters. The molecular formula is C20H26FN5O4. The number of halogens is 1. The summed E-state index contributed by atoms with van der Waals surface area (Å²) in [5, 5.41) is 7.61. The Kier molecular flexibility index (Phi) is 9.29. The summed E-state index contributed by atoms with van der Waals surface area (Å²) < 4.78 is 24.5. The standard InChI is InChI=1S/C20H26FN5O4/c1-3-9-22-17(27)8-5-10-23-19(28)25-18-16(21)12-24-20(26-18)30-13-14-6-4-7-15(11-14)29-2/h4,6-7,11-12H,3,5,8-10,13H2,1-2H3,(H,22,27)(H2,23,24,25,26,28). The van der Waals surface area contributed by atoms with E-state index >= 15 is 0 Å². The Morgan fingerprint density at radius 1 is 1.20 bits per heavy atom. The predicted octanol–water partition coefficient (Wildman–Crippen LogP) is 2.63. The lowest BCUT2D eigenvalue weighted by Crippen LogP contribution is -2.31. The molecule has 162 valence electrons. The minimum Gasteiger partial charge on any atom is -0.497 e. The van der Waals surface area contributed by atoms with E-state index in [1.807, 2.05) is 19.1 Å². The summed E-state index contributed by atoms with van der Waals surface area (Å²) >= 11 is 0. The topological polar surface area (TPSA) is 114 Å². The molecule has 0 saturated heterocycles. The van der Waals surface area contributed by atoms with Crippen LogP contribution in [0.3, 0.4) is 0 Å². The van der Waals surface area contributed by atoms with E-state index in [0.717, 1.165) is 18.2 Å². The van der Waals surface area contributed by atoms with Crippen molar-refractivity contribution < 1.29 is 23.5 Å². The third kappa shape index (κ3) is 7.90. The SMILES string of the molecule is CCCNC(=O)CCCNC(=O)Nc1nc(OCc2cccc(OC)c2)ncc1F. The maximum absolute atomic E-state index is 13.9. The van der Waals surface area contributed by atoms with Crippen LogP contribution in [-0.2, 0) is 11.4 Å². The molecule has 0 aliphatic carbocycles. The van der Waals surface area contributed by atoms with Gasteiger partial charge in [0.1, 0.15) is 12.4 Å². The minimum atomic E-state index is -0.794. The largest absolute Gasteiger partial charge is 0.497 e. The van der Waals surface area contributed by atoms with E-state index < -0.39 is 11.8 Å². The van der Waals surface area contributed by atoms with Gasteiger partial charge in [-0.1, -0.05) is 19.1 Å². The average molecular weight is 419 g/mol. The molecule has 0 saturated carbocycles. The second kappa shape index (κ2) is 12.2. The highest BCUT2D eigenvalue weighted by molar-refractivity contribution is 5.88. The Morgan fingerprint density at radius 2 is 2.03 bits per heavy atom. The zero-order valence-electron chi connectivity index (χ0n) is 17.0. The van der Waals surface area contributed by atoms with Crippen LogP contribution in [0.25, 0.3) is 0 Å². The Hall–Kier alpha value is -3.43. The fourth-order valence-corrected chi connectivity index (χ4v) is 2.37. The zero-order valence-corrected chi connectivity index (χ0v) is 17.0. The van der Waals surface area contributed by atoms with Crippen LogP contribution in [0.4, 0.5) is 15.0 Å². The van der Waals surface area contributed by atoms with Gasteiger partial charge in [0.05, 0.1) is 13.3 Å². The van der Waals surface area contributed by atoms with Crippen LogP contribution in [0.1, 0.15) is 31.7 Å². The summed E-state index contributed by atoms with van der Waals surface area (Å²) in [7, 11) is 1.56. The van der Waals surface area contributed by atoms with Gasteiger partial charge in [0.25, 0.3) is 0 Å². The van der Waals surface area contributed by atoms with Gasteiger partial charge in [-0.05, 0) is 30.5 Å². The molecular weight excluding hydrogens is 393 g/mol. The Morgan fingerprint density at radius 3 is 2.80 bits per heavy atom. The number of hydrogen-bond acceptors (Lipinski definition) is 6. The van der Waals surface area contributed by atoms with Gasteiger partial charge < -0.3 is 20.1 Å². The molecule has 0 aliphatic rings. The highest BCUT2D eigenvalue weighted by Gasteiger charge is 2.12. The smallest absolute Gasteiger partial charge is 0.320 e. The number of benzene rings is 1. The number of hydrogen-bond donors (Lipinski definition) is 3. The van der Waals surface area contributed by atoms with E-state index in [1.54, 1.807) is 19.2 Å². The molecule has 3 N–H and O–H groups in total. The fourth-order valence-electron chi connectivity index (χ4n) is 2.37. The molecule has 9 nitrogen and oxygen atoms in total. The van der Waals surface area contributed by atoms with Crippen molar-refractivity contribution in [2.75, 3.05) is 25.5 Å². The lowest BCUT2D eigenvalue weighted by Gasteiger charge is -2.10. The molecule has 0 atom stereocenters. The molecule has 0 spiro atoms. The second-order valence-electron chi connectivity index (χ2n) is 6.32. The molecule has 30 heavy (non-hydrogen) atoms. The maximum atomic E-state index is 13.9. The normalized spacial score (nSPS) is 10.2. The van der Waals surface area contributed by atoms with E-state index in [4.69, 9.17) is 9.47 Å². The van der Waals surface area contributed by atoms with Gasteiger partial charge in [-0.2, -0.15) is 4.98 Å². The zero-order chi connectivity index (χ0) is 21.8. The second-order valence-corrected chi connectivity index (χ2v) is 6.32. The van der Waals surface area contributed by atoms with Crippen molar-refractivity contribution in [3.8, 4) is 11.8 Å². The van der Waals surface area contributed by atoms with Gasteiger partial charge in [-0.3, -0.25) is 10.1 Å². The number of ether oxygens (including phenoxy) is 2. The van der Waals surface area contributed by atoms with Crippen LogP contribution >= 0.6 is 0 Å². The van der Waals surface area contributed by atoms with Crippen LogP contribution in [-0.4, -0.2) is 42.1 Å². The van der Waals surface area contributed by atoms with Crippen molar-refractivity contribution in [3.63, 3.8) is 0 Å². The Balaban J connectivity index is 1.81. The molecule has 1 aromatic heterocycles. The molecule has 1 heterocycles. The number of nitrogens with zero attached hydrogens (tertiary/aromatic N) is 2. The Labute approximate surface area is 174 Å². The first kappa shape index (κ1) is 22.9. The van der Waals surface area contributed by atoms with Crippen molar-refractivity contribution in [1.82, 2.24) is 20.6 Å². The molecule has 0 radical (unpaired) electrons. The number of anilines is 1. The summed E-state index contributed by atoms with van der Waals surface area (Å²) in [5.74, 6) is -0.488. The van der Waals surface area contributed by atoms with Crippen molar-refractivity contribution in [2.45, 2.75) is 32.8 Å². The maximum Gasteiger partial charge on any atom is 0.320 e.